The first kappa shape index (κ1) is 22.0. The molecule has 33 heavy (non-hydrogen) atoms. The van der Waals surface area contributed by atoms with Gasteiger partial charge in [0.05, 0.1) is 12.5 Å². The number of hydrogen-bond donors (Lipinski definition) is 2. The lowest BCUT2D eigenvalue weighted by Crippen LogP contribution is -2.31. The van der Waals surface area contributed by atoms with Crippen LogP contribution in [-0.2, 0) is 11.3 Å². The van der Waals surface area contributed by atoms with Crippen LogP contribution in [0.3, 0.4) is 0 Å². The van der Waals surface area contributed by atoms with Gasteiger partial charge in [-0.25, -0.2) is 4.98 Å². The van der Waals surface area contributed by atoms with Crippen LogP contribution >= 0.6 is 0 Å². The van der Waals surface area contributed by atoms with Crippen LogP contribution in [0.2, 0.25) is 0 Å². The summed E-state index contributed by atoms with van der Waals surface area (Å²) < 4.78 is 2.06. The highest BCUT2D eigenvalue weighted by Crippen LogP contribution is 2.19. The average molecular weight is 439 g/mol. The van der Waals surface area contributed by atoms with E-state index >= 15 is 0 Å². The molecule has 0 saturated heterocycles. The normalized spacial score (nSPS) is 11.5. The molecule has 4 aromatic rings. The Balaban J connectivity index is 1.41. The minimum absolute atomic E-state index is 0.124. The van der Waals surface area contributed by atoms with Gasteiger partial charge in [0, 0.05) is 30.2 Å². The van der Waals surface area contributed by atoms with Gasteiger partial charge >= 0.3 is 0 Å². The Morgan fingerprint density at radius 1 is 0.909 bits per heavy atom. The van der Waals surface area contributed by atoms with Gasteiger partial charge in [-0.3, -0.25) is 9.59 Å². The predicted octanol–water partition coefficient (Wildman–Crippen LogP) is 4.74. The molecule has 1 heterocycles. The Bertz CT molecular complexity index is 1200. The van der Waals surface area contributed by atoms with Crippen LogP contribution in [0.5, 0.6) is 0 Å². The topological polar surface area (TPSA) is 76.0 Å². The first-order valence-corrected chi connectivity index (χ1v) is 10.9. The summed E-state index contributed by atoms with van der Waals surface area (Å²) in [5.41, 5.74) is 3.27. The van der Waals surface area contributed by atoms with Crippen molar-refractivity contribution in [3.05, 3.63) is 120 Å². The number of rotatable bonds is 8. The minimum atomic E-state index is -0.442. The summed E-state index contributed by atoms with van der Waals surface area (Å²) in [5, 5.41) is 5.94. The largest absolute Gasteiger partial charge is 0.345 e. The third kappa shape index (κ3) is 5.95. The molecule has 4 rings (SSSR count). The SMILES string of the molecule is Cc1nccn1Cc1ccc(NC(=O)CC(NC(=O)c2ccccc2)c2ccccc2)cc1. The van der Waals surface area contributed by atoms with E-state index in [0.29, 0.717) is 11.3 Å². The summed E-state index contributed by atoms with van der Waals surface area (Å²) in [7, 11) is 0. The third-order valence-electron chi connectivity index (χ3n) is 5.45. The van der Waals surface area contributed by atoms with Crippen LogP contribution in [0.1, 0.15) is 39.8 Å². The Hall–Kier alpha value is -4.19. The highest BCUT2D eigenvalue weighted by Gasteiger charge is 2.19. The van der Waals surface area contributed by atoms with E-state index in [9.17, 15) is 9.59 Å². The first-order chi connectivity index (χ1) is 16.1. The van der Waals surface area contributed by atoms with Crippen LogP contribution < -0.4 is 10.6 Å². The third-order valence-corrected chi connectivity index (χ3v) is 5.45. The maximum atomic E-state index is 12.8. The van der Waals surface area contributed by atoms with Crippen molar-refractivity contribution in [2.75, 3.05) is 5.32 Å². The van der Waals surface area contributed by atoms with Crippen LogP contribution in [-0.4, -0.2) is 21.4 Å². The van der Waals surface area contributed by atoms with E-state index in [1.165, 1.54) is 0 Å². The molecule has 1 aromatic heterocycles. The zero-order chi connectivity index (χ0) is 23.0. The molecular weight excluding hydrogens is 412 g/mol. The summed E-state index contributed by atoms with van der Waals surface area (Å²) in [6, 6.07) is 25.8. The molecule has 2 N–H and O–H groups in total. The first-order valence-electron chi connectivity index (χ1n) is 10.9. The molecule has 1 atom stereocenters. The monoisotopic (exact) mass is 438 g/mol. The van der Waals surface area contributed by atoms with Crippen molar-refractivity contribution in [3.63, 3.8) is 0 Å². The average Bonchev–Trinajstić information content (AvgIpc) is 3.25. The van der Waals surface area contributed by atoms with Crippen molar-refractivity contribution < 1.29 is 9.59 Å². The predicted molar refractivity (Wildman–Crippen MR) is 129 cm³/mol. The van der Waals surface area contributed by atoms with Crippen molar-refractivity contribution in [1.82, 2.24) is 14.9 Å². The van der Waals surface area contributed by atoms with Gasteiger partial charge in [0.25, 0.3) is 5.91 Å². The van der Waals surface area contributed by atoms with Gasteiger partial charge in [-0.15, -0.1) is 0 Å². The summed E-state index contributed by atoms with van der Waals surface area (Å²) in [6.45, 7) is 2.69. The number of nitrogens with zero attached hydrogens (tertiary/aromatic N) is 2. The quantitative estimate of drug-likeness (QED) is 0.417. The Kier molecular flexibility index (Phi) is 6.95. The fraction of sp³-hybridized carbons (Fsp3) is 0.148. The number of aromatic nitrogens is 2. The molecule has 1 unspecified atom stereocenters. The number of hydrogen-bond acceptors (Lipinski definition) is 3. The molecule has 0 bridgehead atoms. The Labute approximate surface area is 193 Å². The number of carbonyl (C=O) groups is 2. The highest BCUT2D eigenvalue weighted by molar-refractivity contribution is 5.95. The molecule has 0 aliphatic rings. The van der Waals surface area contributed by atoms with Crippen molar-refractivity contribution >= 4 is 17.5 Å². The van der Waals surface area contributed by atoms with Gasteiger partial charge < -0.3 is 15.2 Å². The number of benzene rings is 3. The van der Waals surface area contributed by atoms with Gasteiger partial charge in [0.2, 0.25) is 5.91 Å². The zero-order valence-corrected chi connectivity index (χ0v) is 18.4. The maximum absolute atomic E-state index is 12.8. The van der Waals surface area contributed by atoms with Gasteiger partial charge in [-0.1, -0.05) is 60.7 Å². The number of carbonyl (C=O) groups excluding carboxylic acids is 2. The molecule has 0 aliphatic carbocycles. The van der Waals surface area contributed by atoms with Crippen molar-refractivity contribution in [2.45, 2.75) is 25.9 Å². The number of nitrogens with one attached hydrogen (secondary N) is 2. The Morgan fingerprint density at radius 2 is 1.58 bits per heavy atom. The molecule has 6 heteroatoms. The fourth-order valence-corrected chi connectivity index (χ4v) is 3.63. The number of imidazole rings is 1. The van der Waals surface area contributed by atoms with Crippen molar-refractivity contribution in [2.24, 2.45) is 0 Å². The standard InChI is InChI=1S/C27H26N4O2/c1-20-28-16-17-31(20)19-21-12-14-24(15-13-21)29-26(32)18-25(22-8-4-2-5-9-22)30-27(33)23-10-6-3-7-11-23/h2-17,25H,18-19H2,1H3,(H,29,32)(H,30,33). The summed E-state index contributed by atoms with van der Waals surface area (Å²) in [4.78, 5) is 29.8. The van der Waals surface area contributed by atoms with E-state index in [4.69, 9.17) is 0 Å². The number of aryl methyl sites for hydroxylation is 1. The second-order valence-corrected chi connectivity index (χ2v) is 7.85. The minimum Gasteiger partial charge on any atom is -0.345 e. The van der Waals surface area contributed by atoms with E-state index < -0.39 is 6.04 Å². The van der Waals surface area contributed by atoms with Crippen LogP contribution in [0.25, 0.3) is 0 Å². The zero-order valence-electron chi connectivity index (χ0n) is 18.4. The molecule has 0 spiro atoms. The van der Waals surface area contributed by atoms with Crippen LogP contribution in [0.4, 0.5) is 5.69 Å². The number of amides is 2. The van der Waals surface area contributed by atoms with E-state index in [-0.39, 0.29) is 18.2 Å². The molecule has 166 valence electrons. The second kappa shape index (κ2) is 10.4. The number of anilines is 1. The smallest absolute Gasteiger partial charge is 0.251 e. The van der Waals surface area contributed by atoms with Crippen LogP contribution in [0, 0.1) is 6.92 Å². The molecule has 0 radical (unpaired) electrons. The molecular formula is C27H26N4O2. The lowest BCUT2D eigenvalue weighted by atomic mass is 10.0. The summed E-state index contributed by atoms with van der Waals surface area (Å²) >= 11 is 0. The van der Waals surface area contributed by atoms with Gasteiger partial charge in [-0.05, 0) is 42.3 Å². The van der Waals surface area contributed by atoms with Gasteiger partial charge in [0.1, 0.15) is 5.82 Å². The fourth-order valence-electron chi connectivity index (χ4n) is 3.63. The molecule has 3 aromatic carbocycles. The van der Waals surface area contributed by atoms with Crippen molar-refractivity contribution in [1.29, 1.82) is 0 Å². The molecule has 0 saturated carbocycles. The second-order valence-electron chi connectivity index (χ2n) is 7.85. The highest BCUT2D eigenvalue weighted by atomic mass is 16.2. The maximum Gasteiger partial charge on any atom is 0.251 e. The molecule has 6 nitrogen and oxygen atoms in total. The van der Waals surface area contributed by atoms with E-state index in [0.717, 1.165) is 23.5 Å². The summed E-state index contributed by atoms with van der Waals surface area (Å²) in [5.74, 6) is 0.573. The van der Waals surface area contributed by atoms with Crippen molar-refractivity contribution in [3.8, 4) is 0 Å². The molecule has 0 aliphatic heterocycles. The molecule has 0 fully saturated rings. The van der Waals surface area contributed by atoms with Crippen LogP contribution in [0.15, 0.2) is 97.3 Å². The summed E-state index contributed by atoms with van der Waals surface area (Å²) in [6.07, 6.45) is 3.85. The van der Waals surface area contributed by atoms with Gasteiger partial charge in [0.15, 0.2) is 0 Å². The molecule has 2 amide bonds. The lowest BCUT2D eigenvalue weighted by molar-refractivity contribution is -0.116. The lowest BCUT2D eigenvalue weighted by Gasteiger charge is -2.19. The van der Waals surface area contributed by atoms with E-state index in [2.05, 4.69) is 20.2 Å². The Morgan fingerprint density at radius 3 is 2.21 bits per heavy atom. The van der Waals surface area contributed by atoms with E-state index in [1.54, 1.807) is 18.3 Å². The van der Waals surface area contributed by atoms with Gasteiger partial charge in [-0.2, -0.15) is 0 Å². The van der Waals surface area contributed by atoms with E-state index in [1.807, 2.05) is 85.9 Å².